The molecule has 22 heavy (non-hydrogen) atoms. The van der Waals surface area contributed by atoms with Gasteiger partial charge in [-0.1, -0.05) is 53.7 Å². The number of halogens is 3. The lowest BCUT2D eigenvalue weighted by molar-refractivity contribution is -0.115. The molecular weight excluding hydrogens is 328 g/mol. The van der Waals surface area contributed by atoms with Gasteiger partial charge in [-0.2, -0.15) is 8.78 Å². The van der Waals surface area contributed by atoms with Crippen LogP contribution in [0.25, 0.3) is 0 Å². The molecule has 0 aliphatic rings. The third-order valence-electron chi connectivity index (χ3n) is 3.06. The Kier molecular flexibility index (Phi) is 5.80. The smallest absolute Gasteiger partial charge is 0.289 e. The molecule has 0 aromatic heterocycles. The van der Waals surface area contributed by atoms with Crippen LogP contribution in [0, 0.1) is 6.92 Å². The summed E-state index contributed by atoms with van der Waals surface area (Å²) in [6, 6.07) is 12.2. The Morgan fingerprint density at radius 2 is 1.95 bits per heavy atom. The van der Waals surface area contributed by atoms with Crippen LogP contribution in [0.5, 0.6) is 0 Å². The van der Waals surface area contributed by atoms with Gasteiger partial charge in [0, 0.05) is 0 Å². The number of aryl methyl sites for hydroxylation is 1. The van der Waals surface area contributed by atoms with Gasteiger partial charge in [-0.15, -0.1) is 0 Å². The molecule has 2 nitrogen and oxygen atoms in total. The van der Waals surface area contributed by atoms with Crippen molar-refractivity contribution >= 4 is 35.0 Å². The second-order valence-electron chi connectivity index (χ2n) is 4.65. The number of hydrogen-bond donors (Lipinski definition) is 1. The normalized spacial score (nSPS) is 10.8. The van der Waals surface area contributed by atoms with E-state index in [2.05, 4.69) is 5.32 Å². The summed E-state index contributed by atoms with van der Waals surface area (Å²) in [5.74, 6) is -2.88. The minimum atomic E-state index is -2.60. The highest BCUT2D eigenvalue weighted by atomic mass is 35.5. The van der Waals surface area contributed by atoms with Gasteiger partial charge in [0.25, 0.3) is 5.76 Å². The Balaban J connectivity index is 2.15. The molecule has 1 N–H and O–H groups in total. The fraction of sp³-hybridized carbons (Fsp3) is 0.188. The standard InChI is InChI=1S/C16H14ClF2NOS/c1-10-5-2-3-6-11(10)9-14(21)20-13-8-4-7-12(17)15(13)22-16(18)19/h2-8,16H,9H2,1H3,(H,20,21). The predicted molar refractivity (Wildman–Crippen MR) is 86.8 cm³/mol. The first-order valence-corrected chi connectivity index (χ1v) is 7.81. The van der Waals surface area contributed by atoms with E-state index in [-0.39, 0.29) is 22.2 Å². The van der Waals surface area contributed by atoms with Crippen molar-refractivity contribution in [2.24, 2.45) is 0 Å². The van der Waals surface area contributed by atoms with Gasteiger partial charge in [0.05, 0.1) is 22.0 Å². The zero-order chi connectivity index (χ0) is 16.1. The summed E-state index contributed by atoms with van der Waals surface area (Å²) in [5, 5.41) is 2.85. The van der Waals surface area contributed by atoms with Crippen LogP contribution in [0.15, 0.2) is 47.4 Å². The highest BCUT2D eigenvalue weighted by Gasteiger charge is 2.15. The van der Waals surface area contributed by atoms with Gasteiger partial charge >= 0.3 is 0 Å². The molecule has 0 spiro atoms. The molecule has 0 aliphatic carbocycles. The topological polar surface area (TPSA) is 29.1 Å². The second kappa shape index (κ2) is 7.61. The first-order chi connectivity index (χ1) is 10.5. The van der Waals surface area contributed by atoms with Crippen LogP contribution in [0.2, 0.25) is 5.02 Å². The van der Waals surface area contributed by atoms with Gasteiger partial charge in [-0.05, 0) is 30.2 Å². The van der Waals surface area contributed by atoms with E-state index in [1.165, 1.54) is 6.07 Å². The maximum atomic E-state index is 12.6. The van der Waals surface area contributed by atoms with Crippen molar-refractivity contribution in [1.82, 2.24) is 0 Å². The molecule has 0 fully saturated rings. The monoisotopic (exact) mass is 341 g/mol. The Morgan fingerprint density at radius 1 is 1.23 bits per heavy atom. The van der Waals surface area contributed by atoms with E-state index < -0.39 is 5.76 Å². The number of anilines is 1. The van der Waals surface area contributed by atoms with Gasteiger partial charge in [-0.3, -0.25) is 4.79 Å². The lowest BCUT2D eigenvalue weighted by atomic mass is 10.1. The Labute approximate surface area is 136 Å². The van der Waals surface area contributed by atoms with Crippen LogP contribution < -0.4 is 5.32 Å². The molecule has 2 aromatic rings. The average molecular weight is 342 g/mol. The Hall–Kier alpha value is -1.59. The first kappa shape index (κ1) is 16.8. The van der Waals surface area contributed by atoms with E-state index in [9.17, 15) is 13.6 Å². The number of benzene rings is 2. The van der Waals surface area contributed by atoms with Crippen LogP contribution in [-0.2, 0) is 11.2 Å². The number of rotatable bonds is 5. The van der Waals surface area contributed by atoms with Gasteiger partial charge in [-0.25, -0.2) is 0 Å². The molecule has 2 aromatic carbocycles. The van der Waals surface area contributed by atoms with E-state index >= 15 is 0 Å². The summed E-state index contributed by atoms with van der Waals surface area (Å²) in [7, 11) is 0. The number of carbonyl (C=O) groups excluding carboxylic acids is 1. The van der Waals surface area contributed by atoms with Gasteiger partial charge in [0.1, 0.15) is 0 Å². The van der Waals surface area contributed by atoms with Crippen LogP contribution in [-0.4, -0.2) is 11.7 Å². The third-order valence-corrected chi connectivity index (χ3v) is 4.34. The molecule has 0 saturated carbocycles. The van der Waals surface area contributed by atoms with Crippen LogP contribution in [0.4, 0.5) is 14.5 Å². The molecule has 0 bridgehead atoms. The summed E-state index contributed by atoms with van der Waals surface area (Å²) in [4.78, 5) is 12.3. The predicted octanol–water partition coefficient (Wildman–Crippen LogP) is 5.14. The summed E-state index contributed by atoms with van der Waals surface area (Å²) >= 11 is 6.26. The number of hydrogen-bond acceptors (Lipinski definition) is 2. The molecule has 1 amide bonds. The SMILES string of the molecule is Cc1ccccc1CC(=O)Nc1cccc(Cl)c1SC(F)F. The highest BCUT2D eigenvalue weighted by Crippen LogP contribution is 2.37. The summed E-state index contributed by atoms with van der Waals surface area (Å²) in [6.07, 6.45) is 0.179. The Bertz CT molecular complexity index is 679. The number of nitrogens with one attached hydrogen (secondary N) is 1. The van der Waals surface area contributed by atoms with Crippen molar-refractivity contribution in [2.45, 2.75) is 24.0 Å². The van der Waals surface area contributed by atoms with Crippen molar-refractivity contribution in [3.8, 4) is 0 Å². The number of amides is 1. The fourth-order valence-electron chi connectivity index (χ4n) is 1.99. The van der Waals surface area contributed by atoms with Crippen LogP contribution in [0.1, 0.15) is 11.1 Å². The van der Waals surface area contributed by atoms with E-state index in [4.69, 9.17) is 11.6 Å². The lowest BCUT2D eigenvalue weighted by Gasteiger charge is -2.12. The van der Waals surface area contributed by atoms with Crippen molar-refractivity contribution in [3.63, 3.8) is 0 Å². The van der Waals surface area contributed by atoms with E-state index in [1.807, 2.05) is 31.2 Å². The molecule has 0 aliphatic heterocycles. The molecule has 0 unspecified atom stereocenters. The first-order valence-electron chi connectivity index (χ1n) is 6.55. The highest BCUT2D eigenvalue weighted by molar-refractivity contribution is 7.99. The number of thioether (sulfide) groups is 1. The summed E-state index contributed by atoms with van der Waals surface area (Å²) in [5.41, 5.74) is 2.20. The molecule has 116 valence electrons. The molecule has 0 saturated heterocycles. The zero-order valence-corrected chi connectivity index (χ0v) is 13.3. The van der Waals surface area contributed by atoms with Crippen molar-refractivity contribution < 1.29 is 13.6 Å². The summed E-state index contributed by atoms with van der Waals surface area (Å²) in [6.45, 7) is 1.92. The Morgan fingerprint density at radius 3 is 2.64 bits per heavy atom. The van der Waals surface area contributed by atoms with Gasteiger partial charge in [0.15, 0.2) is 0 Å². The molecule has 0 heterocycles. The molecule has 0 atom stereocenters. The second-order valence-corrected chi connectivity index (χ2v) is 6.05. The minimum Gasteiger partial charge on any atom is -0.325 e. The van der Waals surface area contributed by atoms with Gasteiger partial charge < -0.3 is 5.32 Å². The third kappa shape index (κ3) is 4.45. The number of carbonyl (C=O) groups is 1. The molecule has 2 rings (SSSR count). The fourth-order valence-corrected chi connectivity index (χ4v) is 2.90. The maximum Gasteiger partial charge on any atom is 0.289 e. The zero-order valence-electron chi connectivity index (χ0n) is 11.8. The molecule has 6 heteroatoms. The van der Waals surface area contributed by atoms with Crippen molar-refractivity contribution in [1.29, 1.82) is 0 Å². The van der Waals surface area contributed by atoms with Crippen molar-refractivity contribution in [2.75, 3.05) is 5.32 Å². The van der Waals surface area contributed by atoms with E-state index in [0.29, 0.717) is 17.4 Å². The average Bonchev–Trinajstić information content (AvgIpc) is 2.45. The quantitative estimate of drug-likeness (QED) is 0.762. The molecular formula is C16H14ClF2NOS. The lowest BCUT2D eigenvalue weighted by Crippen LogP contribution is -2.15. The van der Waals surface area contributed by atoms with Crippen LogP contribution >= 0.6 is 23.4 Å². The molecule has 0 radical (unpaired) electrons. The van der Waals surface area contributed by atoms with Gasteiger partial charge in [0.2, 0.25) is 5.91 Å². The maximum absolute atomic E-state index is 12.6. The van der Waals surface area contributed by atoms with Crippen molar-refractivity contribution in [3.05, 3.63) is 58.6 Å². The number of alkyl halides is 2. The van der Waals surface area contributed by atoms with Crippen LogP contribution in [0.3, 0.4) is 0 Å². The van der Waals surface area contributed by atoms with E-state index in [1.54, 1.807) is 12.1 Å². The largest absolute Gasteiger partial charge is 0.325 e. The summed E-state index contributed by atoms with van der Waals surface area (Å²) < 4.78 is 25.2. The minimum absolute atomic E-state index is 0.178. The van der Waals surface area contributed by atoms with E-state index in [0.717, 1.165) is 11.1 Å².